The molecule has 7 nitrogen and oxygen atoms in total. The molecule has 0 saturated carbocycles. The van der Waals surface area contributed by atoms with Crippen molar-refractivity contribution in [3.8, 4) is 11.5 Å². The summed E-state index contributed by atoms with van der Waals surface area (Å²) in [6.45, 7) is 5.32. The van der Waals surface area contributed by atoms with Crippen LogP contribution in [0.5, 0.6) is 11.5 Å². The number of aromatic nitrogens is 3. The fourth-order valence-electron chi connectivity index (χ4n) is 3.82. The molecule has 4 aromatic rings. The van der Waals surface area contributed by atoms with Crippen molar-refractivity contribution >= 4 is 16.9 Å². The number of para-hydroxylation sites is 2. The average Bonchev–Trinajstić information content (AvgIpc) is 3.22. The highest BCUT2D eigenvalue weighted by Gasteiger charge is 2.12. The summed E-state index contributed by atoms with van der Waals surface area (Å²) in [5.74, 6) is 2.15. The molecule has 0 aliphatic heterocycles. The van der Waals surface area contributed by atoms with Gasteiger partial charge in [0, 0.05) is 25.4 Å². The first-order chi connectivity index (χ1) is 16.7. The summed E-state index contributed by atoms with van der Waals surface area (Å²) in [4.78, 5) is 21.1. The van der Waals surface area contributed by atoms with Gasteiger partial charge in [0.1, 0.15) is 12.4 Å². The van der Waals surface area contributed by atoms with Crippen molar-refractivity contribution in [3.05, 3.63) is 96.6 Å². The highest BCUT2D eigenvalue weighted by atomic mass is 16.5. The average molecular weight is 457 g/mol. The molecule has 2 aromatic carbocycles. The van der Waals surface area contributed by atoms with Crippen LogP contribution in [0.1, 0.15) is 21.7 Å². The van der Waals surface area contributed by atoms with Crippen molar-refractivity contribution in [1.82, 2.24) is 19.9 Å². The van der Waals surface area contributed by atoms with E-state index in [2.05, 4.69) is 21.4 Å². The third-order valence-electron chi connectivity index (χ3n) is 5.47. The number of allylic oxidation sites excluding steroid dienone is 1. The Hall–Kier alpha value is -4.13. The lowest BCUT2D eigenvalue weighted by molar-refractivity contribution is 0.0953. The summed E-state index contributed by atoms with van der Waals surface area (Å²) < 4.78 is 13.7. The number of nitrogens with zero attached hydrogens (tertiary/aromatic N) is 3. The van der Waals surface area contributed by atoms with Crippen LogP contribution in [0.3, 0.4) is 0 Å². The monoisotopic (exact) mass is 456 g/mol. The Bertz CT molecular complexity index is 1270. The molecular weight excluding hydrogens is 428 g/mol. The minimum atomic E-state index is -0.147. The highest BCUT2D eigenvalue weighted by molar-refractivity contribution is 5.93. The lowest BCUT2D eigenvalue weighted by atomic mass is 10.1. The quantitative estimate of drug-likeness (QED) is 0.342. The summed E-state index contributed by atoms with van der Waals surface area (Å²) in [5.41, 5.74) is 3.61. The van der Waals surface area contributed by atoms with E-state index in [1.165, 1.54) is 0 Å². The fourth-order valence-corrected chi connectivity index (χ4v) is 3.82. The Morgan fingerprint density at radius 1 is 1.15 bits per heavy atom. The summed E-state index contributed by atoms with van der Waals surface area (Å²) in [6, 6.07) is 17.4. The first-order valence-corrected chi connectivity index (χ1v) is 11.2. The lowest BCUT2D eigenvalue weighted by Gasteiger charge is -2.14. The van der Waals surface area contributed by atoms with Gasteiger partial charge < -0.3 is 19.4 Å². The molecule has 2 heterocycles. The minimum absolute atomic E-state index is 0.147. The second kappa shape index (κ2) is 11.1. The predicted molar refractivity (Wildman–Crippen MR) is 132 cm³/mol. The van der Waals surface area contributed by atoms with Crippen molar-refractivity contribution in [2.45, 2.75) is 19.4 Å². The van der Waals surface area contributed by atoms with Gasteiger partial charge in [0.05, 0.1) is 30.3 Å². The standard InChI is InChI=1S/C27H28N4O3/c1-3-7-20-11-12-24(25(18-20)33-2)34-17-16-31-23-10-5-4-9-22(23)30-26(31)13-15-29-27(32)21-8-6-14-28-19-21/h3-6,8-12,14,18-19H,1,7,13,15-17H2,2H3,(H,29,32). The van der Waals surface area contributed by atoms with Gasteiger partial charge in [-0.3, -0.25) is 9.78 Å². The van der Waals surface area contributed by atoms with Crippen LogP contribution >= 0.6 is 0 Å². The van der Waals surface area contributed by atoms with Crippen LogP contribution in [0.2, 0.25) is 0 Å². The molecule has 7 heteroatoms. The Balaban J connectivity index is 1.43. The number of amides is 1. The molecule has 0 aliphatic carbocycles. The van der Waals surface area contributed by atoms with Gasteiger partial charge in [0.25, 0.3) is 5.91 Å². The Labute approximate surface area is 199 Å². The van der Waals surface area contributed by atoms with E-state index in [-0.39, 0.29) is 5.91 Å². The lowest BCUT2D eigenvalue weighted by Crippen LogP contribution is -2.26. The van der Waals surface area contributed by atoms with Crippen molar-refractivity contribution in [3.63, 3.8) is 0 Å². The van der Waals surface area contributed by atoms with E-state index in [1.807, 2.05) is 48.5 Å². The summed E-state index contributed by atoms with van der Waals surface area (Å²) in [5, 5.41) is 2.94. The van der Waals surface area contributed by atoms with E-state index < -0.39 is 0 Å². The molecule has 0 aliphatic rings. The van der Waals surface area contributed by atoms with Gasteiger partial charge in [-0.05, 0) is 48.4 Å². The number of carbonyl (C=O) groups is 1. The molecule has 0 atom stereocenters. The van der Waals surface area contributed by atoms with E-state index in [0.29, 0.717) is 43.2 Å². The largest absolute Gasteiger partial charge is 0.493 e. The molecule has 0 spiro atoms. The van der Waals surface area contributed by atoms with Crippen LogP contribution in [0.15, 0.2) is 79.6 Å². The number of hydrogen-bond donors (Lipinski definition) is 1. The first kappa shape index (κ1) is 23.0. The zero-order chi connectivity index (χ0) is 23.8. The topological polar surface area (TPSA) is 78.3 Å². The third kappa shape index (κ3) is 5.43. The van der Waals surface area contributed by atoms with E-state index in [1.54, 1.807) is 31.6 Å². The van der Waals surface area contributed by atoms with E-state index >= 15 is 0 Å². The SMILES string of the molecule is C=CCc1ccc(OCCn2c(CCNC(=O)c3cccnc3)nc3ccccc32)c(OC)c1. The number of fused-ring (bicyclic) bond motifs is 1. The number of methoxy groups -OCH3 is 1. The Morgan fingerprint density at radius 3 is 2.82 bits per heavy atom. The molecule has 0 saturated heterocycles. The Morgan fingerprint density at radius 2 is 2.03 bits per heavy atom. The maximum absolute atomic E-state index is 12.3. The van der Waals surface area contributed by atoms with Crippen molar-refractivity contribution in [1.29, 1.82) is 0 Å². The van der Waals surface area contributed by atoms with Gasteiger partial charge in [-0.15, -0.1) is 6.58 Å². The van der Waals surface area contributed by atoms with E-state index in [4.69, 9.17) is 14.5 Å². The number of ether oxygens (including phenoxy) is 2. The van der Waals surface area contributed by atoms with Gasteiger partial charge >= 0.3 is 0 Å². The number of pyridine rings is 1. The van der Waals surface area contributed by atoms with E-state index in [9.17, 15) is 4.79 Å². The molecule has 0 fully saturated rings. The number of benzene rings is 2. The molecule has 0 unspecified atom stereocenters. The van der Waals surface area contributed by atoms with Crippen molar-refractivity contribution in [2.75, 3.05) is 20.3 Å². The number of imidazole rings is 1. The summed E-state index contributed by atoms with van der Waals surface area (Å²) >= 11 is 0. The normalized spacial score (nSPS) is 10.7. The maximum Gasteiger partial charge on any atom is 0.252 e. The molecular formula is C27H28N4O3. The smallest absolute Gasteiger partial charge is 0.252 e. The van der Waals surface area contributed by atoms with Crippen LogP contribution in [0.25, 0.3) is 11.0 Å². The van der Waals surface area contributed by atoms with Crippen LogP contribution in [0, 0.1) is 0 Å². The maximum atomic E-state index is 12.3. The van der Waals surface area contributed by atoms with Gasteiger partial charge in [-0.25, -0.2) is 4.98 Å². The molecule has 1 N–H and O–H groups in total. The zero-order valence-electron chi connectivity index (χ0n) is 19.2. The van der Waals surface area contributed by atoms with Crippen LogP contribution < -0.4 is 14.8 Å². The Kier molecular flexibility index (Phi) is 7.55. The molecule has 2 aromatic heterocycles. The van der Waals surface area contributed by atoms with Crippen LogP contribution in [-0.4, -0.2) is 40.7 Å². The number of rotatable bonds is 11. The molecule has 174 valence electrons. The second-order valence-corrected chi connectivity index (χ2v) is 7.74. The van der Waals surface area contributed by atoms with Gasteiger partial charge in [-0.2, -0.15) is 0 Å². The van der Waals surface area contributed by atoms with Crippen molar-refractivity contribution < 1.29 is 14.3 Å². The molecule has 1 amide bonds. The fraction of sp³-hybridized carbons (Fsp3) is 0.222. The summed E-state index contributed by atoms with van der Waals surface area (Å²) in [7, 11) is 1.64. The summed E-state index contributed by atoms with van der Waals surface area (Å²) in [6.07, 6.45) is 6.44. The highest BCUT2D eigenvalue weighted by Crippen LogP contribution is 2.28. The van der Waals surface area contributed by atoms with Gasteiger partial charge in [0.2, 0.25) is 0 Å². The number of carbonyl (C=O) groups excluding carboxylic acids is 1. The van der Waals surface area contributed by atoms with Gasteiger partial charge in [0.15, 0.2) is 11.5 Å². The van der Waals surface area contributed by atoms with Crippen molar-refractivity contribution in [2.24, 2.45) is 0 Å². The zero-order valence-corrected chi connectivity index (χ0v) is 19.2. The molecule has 4 rings (SSSR count). The van der Waals surface area contributed by atoms with Gasteiger partial charge in [-0.1, -0.05) is 24.3 Å². The van der Waals surface area contributed by atoms with E-state index in [0.717, 1.165) is 28.8 Å². The second-order valence-electron chi connectivity index (χ2n) is 7.74. The number of nitrogens with one attached hydrogen (secondary N) is 1. The molecule has 0 radical (unpaired) electrons. The molecule has 0 bridgehead atoms. The third-order valence-corrected chi connectivity index (χ3v) is 5.47. The van der Waals surface area contributed by atoms with Crippen LogP contribution in [0.4, 0.5) is 0 Å². The molecule has 34 heavy (non-hydrogen) atoms. The first-order valence-electron chi connectivity index (χ1n) is 11.2. The predicted octanol–water partition coefficient (Wildman–Crippen LogP) is 4.22. The van der Waals surface area contributed by atoms with Crippen LogP contribution in [-0.2, 0) is 19.4 Å². The minimum Gasteiger partial charge on any atom is -0.493 e. The number of hydrogen-bond acceptors (Lipinski definition) is 5.